The molecule has 1 aromatic rings. The van der Waals surface area contributed by atoms with Crippen LogP contribution in [-0.4, -0.2) is 24.6 Å². The molecule has 0 unspecified atom stereocenters. The van der Waals surface area contributed by atoms with Gasteiger partial charge in [0.15, 0.2) is 5.78 Å². The molecule has 1 aromatic carbocycles. The summed E-state index contributed by atoms with van der Waals surface area (Å²) in [6.45, 7) is 5.92. The molecule has 1 aliphatic heterocycles. The van der Waals surface area contributed by atoms with Crippen LogP contribution in [-0.2, 0) is 0 Å². The van der Waals surface area contributed by atoms with E-state index in [1.807, 2.05) is 23.9 Å². The predicted molar refractivity (Wildman–Crippen MR) is 65.1 cm³/mol. The second-order valence-electron chi connectivity index (χ2n) is 3.67. The number of nitrogens with zero attached hydrogens (tertiary/aromatic N) is 1. The molecule has 0 spiro atoms. The van der Waals surface area contributed by atoms with Crippen molar-refractivity contribution in [1.82, 2.24) is 0 Å². The molecule has 2 rings (SSSR count). The van der Waals surface area contributed by atoms with E-state index in [1.165, 1.54) is 10.6 Å². The first-order valence-electron chi connectivity index (χ1n) is 5.25. The Hall–Kier alpha value is -0.960. The van der Waals surface area contributed by atoms with Crippen LogP contribution in [0.4, 0.5) is 5.69 Å². The molecule has 0 aromatic heterocycles. The monoisotopic (exact) mass is 221 g/mol. The minimum absolute atomic E-state index is 0.145. The van der Waals surface area contributed by atoms with Gasteiger partial charge < -0.3 is 4.90 Å². The van der Waals surface area contributed by atoms with Crippen LogP contribution in [0.3, 0.4) is 0 Å². The number of ketones is 1. The van der Waals surface area contributed by atoms with Gasteiger partial charge in [0.2, 0.25) is 0 Å². The van der Waals surface area contributed by atoms with Crippen LogP contribution in [0.25, 0.3) is 0 Å². The van der Waals surface area contributed by atoms with Crippen LogP contribution < -0.4 is 4.90 Å². The molecule has 0 amide bonds. The minimum atomic E-state index is 0.145. The molecule has 0 radical (unpaired) electrons. The van der Waals surface area contributed by atoms with Crippen molar-refractivity contribution in [2.75, 3.05) is 23.7 Å². The number of fused-ring (bicyclic) bond motifs is 1. The lowest BCUT2D eigenvalue weighted by molar-refractivity contribution is 0.101. The highest BCUT2D eigenvalue weighted by atomic mass is 32.2. The van der Waals surface area contributed by atoms with Gasteiger partial charge >= 0.3 is 0 Å². The third-order valence-electron chi connectivity index (χ3n) is 2.71. The summed E-state index contributed by atoms with van der Waals surface area (Å²) in [6, 6.07) is 6.02. The SMILES string of the molecule is CCN1CCSc2cc(C(C)=O)ccc21. The van der Waals surface area contributed by atoms with Gasteiger partial charge in [-0.1, -0.05) is 0 Å². The van der Waals surface area contributed by atoms with Gasteiger partial charge in [0.1, 0.15) is 0 Å². The van der Waals surface area contributed by atoms with Crippen LogP contribution in [0.1, 0.15) is 24.2 Å². The molecule has 80 valence electrons. The van der Waals surface area contributed by atoms with E-state index in [0.29, 0.717) is 0 Å². The van der Waals surface area contributed by atoms with Crippen molar-refractivity contribution < 1.29 is 4.79 Å². The van der Waals surface area contributed by atoms with E-state index in [1.54, 1.807) is 6.92 Å². The molecule has 3 heteroatoms. The topological polar surface area (TPSA) is 20.3 Å². The largest absolute Gasteiger partial charge is 0.370 e. The highest BCUT2D eigenvalue weighted by molar-refractivity contribution is 7.99. The van der Waals surface area contributed by atoms with Crippen LogP contribution in [0.2, 0.25) is 0 Å². The zero-order valence-corrected chi connectivity index (χ0v) is 9.93. The summed E-state index contributed by atoms with van der Waals surface area (Å²) in [5.74, 6) is 1.26. The Morgan fingerprint density at radius 1 is 1.53 bits per heavy atom. The maximum Gasteiger partial charge on any atom is 0.159 e. The summed E-state index contributed by atoms with van der Waals surface area (Å²) in [4.78, 5) is 14.9. The molecule has 0 saturated carbocycles. The number of rotatable bonds is 2. The van der Waals surface area contributed by atoms with Crippen molar-refractivity contribution in [1.29, 1.82) is 0 Å². The summed E-state index contributed by atoms with van der Waals surface area (Å²) in [6.07, 6.45) is 0. The standard InChI is InChI=1S/C12H15NOS/c1-3-13-6-7-15-12-8-10(9(2)14)4-5-11(12)13/h4-5,8H,3,6-7H2,1-2H3. The van der Waals surface area contributed by atoms with E-state index in [2.05, 4.69) is 17.9 Å². The fraction of sp³-hybridized carbons (Fsp3) is 0.417. The molecule has 1 heterocycles. The smallest absolute Gasteiger partial charge is 0.159 e. The van der Waals surface area contributed by atoms with Gasteiger partial charge in [0, 0.05) is 29.3 Å². The Morgan fingerprint density at radius 2 is 2.33 bits per heavy atom. The number of hydrogen-bond acceptors (Lipinski definition) is 3. The van der Waals surface area contributed by atoms with E-state index in [4.69, 9.17) is 0 Å². The van der Waals surface area contributed by atoms with Crippen LogP contribution >= 0.6 is 11.8 Å². The summed E-state index contributed by atoms with van der Waals surface area (Å²) < 4.78 is 0. The Labute approximate surface area is 94.7 Å². The minimum Gasteiger partial charge on any atom is -0.370 e. The molecule has 0 aliphatic carbocycles. The molecular formula is C12H15NOS. The van der Waals surface area contributed by atoms with Crippen molar-refractivity contribution in [3.8, 4) is 0 Å². The lowest BCUT2D eigenvalue weighted by Gasteiger charge is -2.29. The van der Waals surface area contributed by atoms with E-state index in [-0.39, 0.29) is 5.78 Å². The van der Waals surface area contributed by atoms with Crippen molar-refractivity contribution >= 4 is 23.2 Å². The maximum atomic E-state index is 11.3. The fourth-order valence-corrected chi connectivity index (χ4v) is 2.91. The molecule has 2 nitrogen and oxygen atoms in total. The van der Waals surface area contributed by atoms with Gasteiger partial charge in [0.05, 0.1) is 5.69 Å². The Bertz CT molecular complexity index is 389. The number of Topliss-reactive ketones (excluding diaryl/α,β-unsaturated/α-hetero) is 1. The number of thioether (sulfide) groups is 1. The third-order valence-corrected chi connectivity index (χ3v) is 3.73. The van der Waals surface area contributed by atoms with Crippen LogP contribution in [0.15, 0.2) is 23.1 Å². The number of carbonyl (C=O) groups excluding carboxylic acids is 1. The van der Waals surface area contributed by atoms with E-state index in [0.717, 1.165) is 24.4 Å². The molecule has 0 saturated heterocycles. The molecule has 0 fully saturated rings. The van der Waals surface area contributed by atoms with Gasteiger partial charge in [-0.25, -0.2) is 0 Å². The first kappa shape index (κ1) is 10.6. The lowest BCUT2D eigenvalue weighted by atomic mass is 10.1. The zero-order valence-electron chi connectivity index (χ0n) is 9.12. The summed E-state index contributed by atoms with van der Waals surface area (Å²) in [7, 11) is 0. The van der Waals surface area contributed by atoms with E-state index in [9.17, 15) is 4.79 Å². The van der Waals surface area contributed by atoms with Crippen LogP contribution in [0, 0.1) is 0 Å². The molecule has 0 bridgehead atoms. The zero-order chi connectivity index (χ0) is 10.8. The highest BCUT2D eigenvalue weighted by Crippen LogP contribution is 2.35. The summed E-state index contributed by atoms with van der Waals surface area (Å²) >= 11 is 1.85. The second-order valence-corrected chi connectivity index (χ2v) is 4.80. The average molecular weight is 221 g/mol. The van der Waals surface area contributed by atoms with Gasteiger partial charge in [-0.05, 0) is 32.0 Å². The molecule has 0 N–H and O–H groups in total. The van der Waals surface area contributed by atoms with Crippen LogP contribution in [0.5, 0.6) is 0 Å². The van der Waals surface area contributed by atoms with E-state index < -0.39 is 0 Å². The molecular weight excluding hydrogens is 206 g/mol. The van der Waals surface area contributed by atoms with E-state index >= 15 is 0 Å². The Kier molecular flexibility index (Phi) is 3.00. The highest BCUT2D eigenvalue weighted by Gasteiger charge is 2.16. The summed E-state index contributed by atoms with van der Waals surface area (Å²) in [5.41, 5.74) is 2.10. The normalized spacial score (nSPS) is 14.9. The number of hydrogen-bond donors (Lipinski definition) is 0. The first-order chi connectivity index (χ1) is 7.22. The van der Waals surface area contributed by atoms with Crippen molar-refractivity contribution in [3.63, 3.8) is 0 Å². The average Bonchev–Trinajstić information content (AvgIpc) is 2.27. The van der Waals surface area contributed by atoms with Gasteiger partial charge in [0.25, 0.3) is 0 Å². The number of benzene rings is 1. The van der Waals surface area contributed by atoms with Crippen molar-refractivity contribution in [2.45, 2.75) is 18.7 Å². The van der Waals surface area contributed by atoms with Crippen molar-refractivity contribution in [3.05, 3.63) is 23.8 Å². The molecule has 1 aliphatic rings. The third kappa shape index (κ3) is 2.02. The number of anilines is 1. The maximum absolute atomic E-state index is 11.3. The number of carbonyl (C=O) groups is 1. The second kappa shape index (κ2) is 4.27. The van der Waals surface area contributed by atoms with Crippen molar-refractivity contribution in [2.24, 2.45) is 0 Å². The first-order valence-corrected chi connectivity index (χ1v) is 6.23. The quantitative estimate of drug-likeness (QED) is 0.716. The lowest BCUT2D eigenvalue weighted by Crippen LogP contribution is -2.28. The Balaban J connectivity index is 2.40. The van der Waals surface area contributed by atoms with Gasteiger partial charge in [-0.3, -0.25) is 4.79 Å². The van der Waals surface area contributed by atoms with Gasteiger partial charge in [-0.15, -0.1) is 11.8 Å². The molecule has 0 atom stereocenters. The fourth-order valence-electron chi connectivity index (χ4n) is 1.82. The predicted octanol–water partition coefficient (Wildman–Crippen LogP) is 2.82. The molecule has 15 heavy (non-hydrogen) atoms. The van der Waals surface area contributed by atoms with Gasteiger partial charge in [-0.2, -0.15) is 0 Å². The Morgan fingerprint density at radius 3 is 3.00 bits per heavy atom. The summed E-state index contributed by atoms with van der Waals surface area (Å²) in [5, 5.41) is 0.